The molecule has 1 N–H and O–H groups in total. The normalized spacial score (nSPS) is 22.6. The van der Waals surface area contributed by atoms with Crippen molar-refractivity contribution in [2.24, 2.45) is 5.92 Å². The van der Waals surface area contributed by atoms with Gasteiger partial charge in [0.15, 0.2) is 11.5 Å². The van der Waals surface area contributed by atoms with Gasteiger partial charge < -0.3 is 14.8 Å². The summed E-state index contributed by atoms with van der Waals surface area (Å²) in [7, 11) is 3.28. The molecule has 0 aromatic heterocycles. The van der Waals surface area contributed by atoms with Gasteiger partial charge in [-0.1, -0.05) is 31.0 Å². The zero-order valence-electron chi connectivity index (χ0n) is 12.5. The third-order valence-corrected chi connectivity index (χ3v) is 4.57. The molecule has 1 aliphatic rings. The van der Waals surface area contributed by atoms with Crippen LogP contribution in [-0.2, 0) is 0 Å². The third kappa shape index (κ3) is 3.04. The molecule has 112 valence electrons. The summed E-state index contributed by atoms with van der Waals surface area (Å²) in [5.41, 5.74) is 1.20. The SMILES string of the molecule is CCCC1CNCCC1c1ccc(OC)c(OC)c1Cl. The van der Waals surface area contributed by atoms with E-state index in [4.69, 9.17) is 21.1 Å². The van der Waals surface area contributed by atoms with Gasteiger partial charge in [0.25, 0.3) is 0 Å². The maximum atomic E-state index is 6.57. The van der Waals surface area contributed by atoms with E-state index in [2.05, 4.69) is 18.3 Å². The molecule has 3 nitrogen and oxygen atoms in total. The van der Waals surface area contributed by atoms with Crippen LogP contribution in [0.3, 0.4) is 0 Å². The number of nitrogens with one attached hydrogen (secondary N) is 1. The summed E-state index contributed by atoms with van der Waals surface area (Å²) in [6, 6.07) is 4.06. The molecule has 2 atom stereocenters. The van der Waals surface area contributed by atoms with Crippen molar-refractivity contribution in [3.63, 3.8) is 0 Å². The zero-order valence-corrected chi connectivity index (χ0v) is 13.3. The highest BCUT2D eigenvalue weighted by Crippen LogP contribution is 2.44. The van der Waals surface area contributed by atoms with Gasteiger partial charge in [-0.15, -0.1) is 0 Å². The minimum absolute atomic E-state index is 0.503. The molecule has 4 heteroatoms. The van der Waals surface area contributed by atoms with Crippen molar-refractivity contribution in [1.82, 2.24) is 5.32 Å². The smallest absolute Gasteiger partial charge is 0.179 e. The van der Waals surface area contributed by atoms with E-state index in [1.165, 1.54) is 18.4 Å². The average Bonchev–Trinajstić information content (AvgIpc) is 2.48. The summed E-state index contributed by atoms with van der Waals surface area (Å²) < 4.78 is 10.7. The highest BCUT2D eigenvalue weighted by atomic mass is 35.5. The molecular weight excluding hydrogens is 274 g/mol. The van der Waals surface area contributed by atoms with Crippen molar-refractivity contribution in [2.75, 3.05) is 27.3 Å². The van der Waals surface area contributed by atoms with Gasteiger partial charge in [0.05, 0.1) is 19.2 Å². The molecule has 0 radical (unpaired) electrons. The van der Waals surface area contributed by atoms with Crippen molar-refractivity contribution < 1.29 is 9.47 Å². The first-order valence-electron chi connectivity index (χ1n) is 7.34. The van der Waals surface area contributed by atoms with Crippen LogP contribution in [0.5, 0.6) is 11.5 Å². The van der Waals surface area contributed by atoms with Gasteiger partial charge in [-0.2, -0.15) is 0 Å². The van der Waals surface area contributed by atoms with E-state index in [-0.39, 0.29) is 0 Å². The van der Waals surface area contributed by atoms with Gasteiger partial charge in [-0.3, -0.25) is 0 Å². The lowest BCUT2D eigenvalue weighted by Gasteiger charge is -2.33. The van der Waals surface area contributed by atoms with E-state index in [1.54, 1.807) is 14.2 Å². The van der Waals surface area contributed by atoms with Gasteiger partial charge in [0, 0.05) is 0 Å². The van der Waals surface area contributed by atoms with E-state index in [9.17, 15) is 0 Å². The van der Waals surface area contributed by atoms with Gasteiger partial charge in [0.2, 0.25) is 0 Å². The monoisotopic (exact) mass is 297 g/mol. The lowest BCUT2D eigenvalue weighted by Crippen LogP contribution is -2.35. The highest BCUT2D eigenvalue weighted by molar-refractivity contribution is 6.33. The molecule has 2 rings (SSSR count). The molecule has 1 aromatic rings. The Morgan fingerprint density at radius 2 is 2.10 bits per heavy atom. The maximum Gasteiger partial charge on any atom is 0.179 e. The summed E-state index contributed by atoms with van der Waals surface area (Å²) in [4.78, 5) is 0. The standard InChI is InChI=1S/C16H24ClNO2/c1-4-5-11-10-18-9-8-12(11)13-6-7-14(19-2)16(20-3)15(13)17/h6-7,11-12,18H,4-5,8-10H2,1-3H3. The Bertz CT molecular complexity index is 448. The Morgan fingerprint density at radius 3 is 2.75 bits per heavy atom. The molecule has 1 aliphatic heterocycles. The lowest BCUT2D eigenvalue weighted by molar-refractivity contribution is 0.304. The Kier molecular flexibility index (Phi) is 5.55. The van der Waals surface area contributed by atoms with Crippen LogP contribution in [0.25, 0.3) is 0 Å². The second-order valence-corrected chi connectivity index (χ2v) is 5.73. The molecule has 1 aromatic carbocycles. The van der Waals surface area contributed by atoms with E-state index >= 15 is 0 Å². The molecule has 0 saturated carbocycles. The van der Waals surface area contributed by atoms with Crippen molar-refractivity contribution in [1.29, 1.82) is 0 Å². The van der Waals surface area contributed by atoms with Crippen LogP contribution in [-0.4, -0.2) is 27.3 Å². The number of ether oxygens (including phenoxy) is 2. The van der Waals surface area contributed by atoms with E-state index in [1.807, 2.05) is 6.07 Å². The molecule has 0 amide bonds. The van der Waals surface area contributed by atoms with Crippen molar-refractivity contribution >= 4 is 11.6 Å². The topological polar surface area (TPSA) is 30.5 Å². The number of piperidine rings is 1. The third-order valence-electron chi connectivity index (χ3n) is 4.18. The molecule has 1 fully saturated rings. The summed E-state index contributed by atoms with van der Waals surface area (Å²) >= 11 is 6.57. The van der Waals surface area contributed by atoms with Crippen LogP contribution in [0.4, 0.5) is 0 Å². The van der Waals surface area contributed by atoms with Crippen molar-refractivity contribution in [2.45, 2.75) is 32.1 Å². The van der Waals surface area contributed by atoms with E-state index in [0.717, 1.165) is 19.5 Å². The highest BCUT2D eigenvalue weighted by Gasteiger charge is 2.29. The van der Waals surface area contributed by atoms with Crippen LogP contribution >= 0.6 is 11.6 Å². The van der Waals surface area contributed by atoms with E-state index < -0.39 is 0 Å². The van der Waals surface area contributed by atoms with Crippen LogP contribution in [0.15, 0.2) is 12.1 Å². The van der Waals surface area contributed by atoms with Gasteiger partial charge in [-0.25, -0.2) is 0 Å². The Hall–Kier alpha value is -0.930. The maximum absolute atomic E-state index is 6.57. The quantitative estimate of drug-likeness (QED) is 0.895. The van der Waals surface area contributed by atoms with Gasteiger partial charge in [0.1, 0.15) is 0 Å². The fraction of sp³-hybridized carbons (Fsp3) is 0.625. The summed E-state index contributed by atoms with van der Waals surface area (Å²) in [5.74, 6) is 2.50. The molecule has 20 heavy (non-hydrogen) atoms. The number of methoxy groups -OCH3 is 2. The summed E-state index contributed by atoms with van der Waals surface area (Å²) in [6.45, 7) is 4.36. The molecule has 1 heterocycles. The molecule has 0 spiro atoms. The lowest BCUT2D eigenvalue weighted by atomic mass is 9.79. The fourth-order valence-corrected chi connectivity index (χ4v) is 3.57. The molecule has 0 aliphatic carbocycles. The minimum Gasteiger partial charge on any atom is -0.493 e. The Balaban J connectivity index is 2.35. The molecule has 2 unspecified atom stereocenters. The Labute approximate surface area is 126 Å². The van der Waals surface area contributed by atoms with E-state index in [0.29, 0.717) is 28.4 Å². The van der Waals surface area contributed by atoms with Crippen LogP contribution in [0, 0.1) is 5.92 Å². The number of hydrogen-bond acceptors (Lipinski definition) is 3. The zero-order chi connectivity index (χ0) is 14.5. The summed E-state index contributed by atoms with van der Waals surface area (Å²) in [6.07, 6.45) is 3.55. The second kappa shape index (κ2) is 7.19. The van der Waals surface area contributed by atoms with Crippen LogP contribution in [0.1, 0.15) is 37.7 Å². The molecule has 1 saturated heterocycles. The molecular formula is C16H24ClNO2. The minimum atomic E-state index is 0.503. The number of benzene rings is 1. The predicted octanol–water partition coefficient (Wildman–Crippen LogP) is 3.85. The number of rotatable bonds is 5. The largest absolute Gasteiger partial charge is 0.493 e. The van der Waals surface area contributed by atoms with Crippen LogP contribution in [0.2, 0.25) is 5.02 Å². The van der Waals surface area contributed by atoms with Gasteiger partial charge >= 0.3 is 0 Å². The summed E-state index contributed by atoms with van der Waals surface area (Å²) in [5, 5.41) is 4.20. The first-order chi connectivity index (χ1) is 9.72. The van der Waals surface area contributed by atoms with Crippen molar-refractivity contribution in [3.8, 4) is 11.5 Å². The first-order valence-corrected chi connectivity index (χ1v) is 7.71. The first kappa shape index (κ1) is 15.5. The Morgan fingerprint density at radius 1 is 1.30 bits per heavy atom. The average molecular weight is 298 g/mol. The van der Waals surface area contributed by atoms with Crippen molar-refractivity contribution in [3.05, 3.63) is 22.7 Å². The number of halogens is 1. The number of hydrogen-bond donors (Lipinski definition) is 1. The second-order valence-electron chi connectivity index (χ2n) is 5.35. The fourth-order valence-electron chi connectivity index (χ4n) is 3.20. The molecule has 0 bridgehead atoms. The van der Waals surface area contributed by atoms with Gasteiger partial charge in [-0.05, 0) is 49.4 Å². The predicted molar refractivity (Wildman–Crippen MR) is 83.2 cm³/mol. The van der Waals surface area contributed by atoms with Crippen LogP contribution < -0.4 is 14.8 Å².